The molecule has 0 bridgehead atoms. The first-order valence-electron chi connectivity index (χ1n) is 7.76. The van der Waals surface area contributed by atoms with Gasteiger partial charge in [0, 0.05) is 44.6 Å². The summed E-state index contributed by atoms with van der Waals surface area (Å²) in [5.74, 6) is 0.215. The summed E-state index contributed by atoms with van der Waals surface area (Å²) in [4.78, 5) is 14.5. The van der Waals surface area contributed by atoms with E-state index in [0.29, 0.717) is 6.42 Å². The fourth-order valence-corrected chi connectivity index (χ4v) is 3.26. The molecule has 2 heterocycles. The molecule has 2 aliphatic rings. The van der Waals surface area contributed by atoms with E-state index in [1.54, 1.807) is 0 Å². The number of rotatable bonds is 4. The normalized spacial score (nSPS) is 29.9. The van der Waals surface area contributed by atoms with Gasteiger partial charge in [0.25, 0.3) is 0 Å². The molecule has 2 saturated heterocycles. The van der Waals surface area contributed by atoms with E-state index in [-0.39, 0.29) is 17.5 Å². The number of nitrogens with zero attached hydrogens (tertiary/aromatic N) is 1. The zero-order chi connectivity index (χ0) is 14.7. The van der Waals surface area contributed by atoms with Crippen molar-refractivity contribution in [1.82, 2.24) is 4.90 Å². The first kappa shape index (κ1) is 14.7. The molecule has 1 spiro atoms. The van der Waals surface area contributed by atoms with E-state index in [0.717, 1.165) is 44.8 Å². The van der Waals surface area contributed by atoms with E-state index >= 15 is 0 Å². The summed E-state index contributed by atoms with van der Waals surface area (Å²) in [6.07, 6.45) is 1.66. The number of benzene rings is 1. The molecule has 4 nitrogen and oxygen atoms in total. The summed E-state index contributed by atoms with van der Waals surface area (Å²) in [5, 5.41) is 0. The average Bonchev–Trinajstić information content (AvgIpc) is 2.86. The van der Waals surface area contributed by atoms with Crippen LogP contribution in [0.2, 0.25) is 0 Å². The Hall–Kier alpha value is -1.23. The molecule has 3 rings (SSSR count). The molecule has 0 N–H and O–H groups in total. The van der Waals surface area contributed by atoms with Gasteiger partial charge in [0.1, 0.15) is 5.60 Å². The Morgan fingerprint density at radius 1 is 1.33 bits per heavy atom. The Bertz CT molecular complexity index is 490. The Balaban J connectivity index is 1.55. The third-order valence-electron chi connectivity index (χ3n) is 4.67. The highest BCUT2D eigenvalue weighted by Crippen LogP contribution is 2.33. The fourth-order valence-electron chi connectivity index (χ4n) is 3.26. The van der Waals surface area contributed by atoms with Crippen LogP contribution in [0.25, 0.3) is 0 Å². The topological polar surface area (TPSA) is 38.8 Å². The second kappa shape index (κ2) is 6.26. The first-order valence-corrected chi connectivity index (χ1v) is 7.76. The van der Waals surface area contributed by atoms with Crippen molar-refractivity contribution < 1.29 is 14.3 Å². The zero-order valence-corrected chi connectivity index (χ0v) is 12.6. The van der Waals surface area contributed by atoms with Gasteiger partial charge in [-0.3, -0.25) is 9.69 Å². The maximum atomic E-state index is 12.2. The number of Topliss-reactive ketones (excluding diaryl/α,β-unsaturated/α-hetero) is 1. The summed E-state index contributed by atoms with van der Waals surface area (Å²) < 4.78 is 11.7. The quantitative estimate of drug-likeness (QED) is 0.796. The zero-order valence-electron chi connectivity index (χ0n) is 12.6. The highest BCUT2D eigenvalue weighted by molar-refractivity contribution is 5.96. The molecule has 21 heavy (non-hydrogen) atoms. The minimum Gasteiger partial charge on any atom is -0.375 e. The van der Waals surface area contributed by atoms with Crippen LogP contribution in [0.1, 0.15) is 30.1 Å². The van der Waals surface area contributed by atoms with Gasteiger partial charge in [-0.2, -0.15) is 0 Å². The maximum absolute atomic E-state index is 12.2. The second-order valence-corrected chi connectivity index (χ2v) is 5.99. The summed E-state index contributed by atoms with van der Waals surface area (Å²) >= 11 is 0. The van der Waals surface area contributed by atoms with Crippen LogP contribution in [0.4, 0.5) is 0 Å². The van der Waals surface area contributed by atoms with Crippen LogP contribution in [0.5, 0.6) is 0 Å². The number of hydrogen-bond acceptors (Lipinski definition) is 4. The van der Waals surface area contributed by atoms with Crippen LogP contribution >= 0.6 is 0 Å². The Morgan fingerprint density at radius 2 is 2.14 bits per heavy atom. The summed E-state index contributed by atoms with van der Waals surface area (Å²) in [6.45, 7) is 6.16. The number of hydrogen-bond donors (Lipinski definition) is 0. The Kier molecular flexibility index (Phi) is 4.38. The van der Waals surface area contributed by atoms with Crippen LogP contribution in [0, 0.1) is 0 Å². The third-order valence-corrected chi connectivity index (χ3v) is 4.67. The van der Waals surface area contributed by atoms with Crippen molar-refractivity contribution >= 4 is 5.78 Å². The van der Waals surface area contributed by atoms with Gasteiger partial charge in [-0.05, 0) is 6.92 Å². The van der Waals surface area contributed by atoms with Gasteiger partial charge in [-0.25, -0.2) is 0 Å². The van der Waals surface area contributed by atoms with Gasteiger partial charge in [0.2, 0.25) is 0 Å². The third kappa shape index (κ3) is 3.18. The largest absolute Gasteiger partial charge is 0.375 e. The molecule has 1 aromatic carbocycles. The first-order chi connectivity index (χ1) is 10.2. The van der Waals surface area contributed by atoms with E-state index in [4.69, 9.17) is 9.47 Å². The van der Waals surface area contributed by atoms with Crippen molar-refractivity contribution in [3.63, 3.8) is 0 Å². The van der Waals surface area contributed by atoms with Crippen LogP contribution in [0.15, 0.2) is 30.3 Å². The summed E-state index contributed by atoms with van der Waals surface area (Å²) in [6, 6.07) is 9.53. The molecule has 0 unspecified atom stereocenters. The van der Waals surface area contributed by atoms with E-state index in [9.17, 15) is 4.79 Å². The highest BCUT2D eigenvalue weighted by atomic mass is 16.6. The van der Waals surface area contributed by atoms with Crippen molar-refractivity contribution in [2.24, 2.45) is 0 Å². The van der Waals surface area contributed by atoms with E-state index in [1.165, 1.54) is 0 Å². The van der Waals surface area contributed by atoms with Crippen LogP contribution < -0.4 is 0 Å². The molecule has 0 amide bonds. The number of ether oxygens (including phenoxy) is 2. The van der Waals surface area contributed by atoms with E-state index in [1.807, 2.05) is 30.3 Å². The second-order valence-electron chi connectivity index (χ2n) is 5.99. The minimum absolute atomic E-state index is 0.144. The predicted octanol–water partition coefficient (Wildman–Crippen LogP) is 2.14. The Labute approximate surface area is 126 Å². The average molecular weight is 289 g/mol. The van der Waals surface area contributed by atoms with Crippen molar-refractivity contribution in [1.29, 1.82) is 0 Å². The molecule has 4 heteroatoms. The predicted molar refractivity (Wildman–Crippen MR) is 80.5 cm³/mol. The van der Waals surface area contributed by atoms with Gasteiger partial charge in [0.05, 0.1) is 12.7 Å². The monoisotopic (exact) mass is 289 g/mol. The summed E-state index contributed by atoms with van der Waals surface area (Å²) in [7, 11) is 0. The van der Waals surface area contributed by atoms with Crippen molar-refractivity contribution in [3.8, 4) is 0 Å². The van der Waals surface area contributed by atoms with Gasteiger partial charge < -0.3 is 9.47 Å². The Morgan fingerprint density at radius 3 is 2.86 bits per heavy atom. The number of morpholine rings is 1. The smallest absolute Gasteiger partial charge is 0.164 e. The lowest BCUT2D eigenvalue weighted by molar-refractivity contribution is -0.134. The van der Waals surface area contributed by atoms with Crippen molar-refractivity contribution in [2.75, 3.05) is 32.8 Å². The van der Waals surface area contributed by atoms with Crippen molar-refractivity contribution in [3.05, 3.63) is 35.9 Å². The molecular formula is C17H23NO3. The molecular weight excluding hydrogens is 266 g/mol. The standard InChI is InChI=1S/C17H23NO3/c1-14-17(8-11-20-14)13-18(10-12-21-17)9-7-16(19)15-5-3-2-4-6-15/h2-6,14H,7-13H2,1H3/t14-,17-/m0/s1. The fraction of sp³-hybridized carbons (Fsp3) is 0.588. The van der Waals surface area contributed by atoms with Gasteiger partial charge in [0.15, 0.2) is 5.78 Å². The van der Waals surface area contributed by atoms with E-state index in [2.05, 4.69) is 11.8 Å². The van der Waals surface area contributed by atoms with Crippen LogP contribution in [-0.4, -0.2) is 55.2 Å². The molecule has 2 atom stereocenters. The number of carbonyl (C=O) groups excluding carboxylic acids is 1. The molecule has 2 fully saturated rings. The lowest BCUT2D eigenvalue weighted by atomic mass is 9.94. The molecule has 0 aliphatic carbocycles. The number of ketones is 1. The highest BCUT2D eigenvalue weighted by Gasteiger charge is 2.45. The van der Waals surface area contributed by atoms with Gasteiger partial charge >= 0.3 is 0 Å². The lowest BCUT2D eigenvalue weighted by Crippen LogP contribution is -2.55. The van der Waals surface area contributed by atoms with Crippen LogP contribution in [-0.2, 0) is 9.47 Å². The van der Waals surface area contributed by atoms with Gasteiger partial charge in [-0.1, -0.05) is 30.3 Å². The SMILES string of the molecule is C[C@@H]1OCC[C@]12CN(CCC(=O)c1ccccc1)CCO2. The summed E-state index contributed by atoms with van der Waals surface area (Å²) in [5.41, 5.74) is 0.645. The van der Waals surface area contributed by atoms with E-state index < -0.39 is 0 Å². The molecule has 0 aromatic heterocycles. The maximum Gasteiger partial charge on any atom is 0.164 e. The molecule has 114 valence electrons. The van der Waals surface area contributed by atoms with Gasteiger partial charge in [-0.15, -0.1) is 0 Å². The molecule has 2 aliphatic heterocycles. The molecule has 0 radical (unpaired) electrons. The minimum atomic E-state index is -0.159. The molecule has 1 aromatic rings. The number of carbonyl (C=O) groups is 1. The van der Waals surface area contributed by atoms with Crippen molar-refractivity contribution in [2.45, 2.75) is 31.5 Å². The lowest BCUT2D eigenvalue weighted by Gasteiger charge is -2.42. The molecule has 0 saturated carbocycles. The van der Waals surface area contributed by atoms with Crippen LogP contribution in [0.3, 0.4) is 0 Å².